The van der Waals surface area contributed by atoms with Gasteiger partial charge in [0.15, 0.2) is 0 Å². The predicted octanol–water partition coefficient (Wildman–Crippen LogP) is 2.62. The van der Waals surface area contributed by atoms with Gasteiger partial charge in [-0.2, -0.15) is 0 Å². The molecule has 2 aromatic rings. The third-order valence-corrected chi connectivity index (χ3v) is 2.40. The van der Waals surface area contributed by atoms with Crippen molar-refractivity contribution in [3.63, 3.8) is 0 Å². The lowest BCUT2D eigenvalue weighted by Crippen LogP contribution is -1.93. The van der Waals surface area contributed by atoms with Gasteiger partial charge in [-0.1, -0.05) is 17.7 Å². The van der Waals surface area contributed by atoms with Crippen LogP contribution in [0.4, 0.5) is 0 Å². The molecule has 1 aromatic carbocycles. The number of benzene rings is 1. The molecule has 0 saturated carbocycles. The van der Waals surface area contributed by atoms with Crippen molar-refractivity contribution in [2.24, 2.45) is 0 Å². The first-order valence-electron chi connectivity index (χ1n) is 4.34. The van der Waals surface area contributed by atoms with Crippen LogP contribution in [-0.4, -0.2) is 9.67 Å². The molecule has 0 fully saturated rings. The number of aromatic nitrogens is 1. The Morgan fingerprint density at radius 1 is 1.21 bits per heavy atom. The topological polar surface area (TPSA) is 25.2 Å². The number of hydrogen-bond donors (Lipinski definition) is 1. The average molecular weight is 208 g/mol. The van der Waals surface area contributed by atoms with Crippen LogP contribution in [0.15, 0.2) is 42.7 Å². The summed E-state index contributed by atoms with van der Waals surface area (Å²) in [4.78, 5) is 0. The standard InChI is InChI=1S/C11H10ClNO/c12-10-4-3-9(8-14)7-11(10)13-5-1-2-6-13/h1-7,14H,8H2. The lowest BCUT2D eigenvalue weighted by molar-refractivity contribution is 0.282. The molecule has 2 nitrogen and oxygen atoms in total. The van der Waals surface area contributed by atoms with E-state index in [1.807, 2.05) is 41.2 Å². The number of aliphatic hydroxyl groups is 1. The Morgan fingerprint density at radius 2 is 1.93 bits per heavy atom. The van der Waals surface area contributed by atoms with Gasteiger partial charge in [-0.05, 0) is 29.8 Å². The predicted molar refractivity (Wildman–Crippen MR) is 56.7 cm³/mol. The molecule has 0 unspecified atom stereocenters. The molecule has 1 heterocycles. The van der Waals surface area contributed by atoms with Gasteiger partial charge in [0.25, 0.3) is 0 Å². The molecule has 0 spiro atoms. The summed E-state index contributed by atoms with van der Waals surface area (Å²) in [5.74, 6) is 0. The van der Waals surface area contributed by atoms with Crippen LogP contribution in [0.3, 0.4) is 0 Å². The van der Waals surface area contributed by atoms with Gasteiger partial charge in [0.2, 0.25) is 0 Å². The van der Waals surface area contributed by atoms with Crippen molar-refractivity contribution in [3.05, 3.63) is 53.3 Å². The number of nitrogens with zero attached hydrogens (tertiary/aromatic N) is 1. The average Bonchev–Trinajstić information content (AvgIpc) is 2.71. The number of halogens is 1. The second kappa shape index (κ2) is 3.86. The van der Waals surface area contributed by atoms with Crippen LogP contribution in [0, 0.1) is 0 Å². The van der Waals surface area contributed by atoms with E-state index in [0.29, 0.717) is 5.02 Å². The molecule has 0 bridgehead atoms. The van der Waals surface area contributed by atoms with Crippen molar-refractivity contribution < 1.29 is 5.11 Å². The molecule has 3 heteroatoms. The third kappa shape index (κ3) is 1.67. The summed E-state index contributed by atoms with van der Waals surface area (Å²) >= 11 is 6.04. The minimum absolute atomic E-state index is 0.0332. The fourth-order valence-electron chi connectivity index (χ4n) is 1.35. The van der Waals surface area contributed by atoms with E-state index in [1.54, 1.807) is 6.07 Å². The molecule has 1 N–H and O–H groups in total. The summed E-state index contributed by atoms with van der Waals surface area (Å²) in [6.45, 7) is 0.0332. The number of hydrogen-bond acceptors (Lipinski definition) is 1. The lowest BCUT2D eigenvalue weighted by atomic mass is 10.2. The van der Waals surface area contributed by atoms with E-state index in [2.05, 4.69) is 0 Å². The molecule has 14 heavy (non-hydrogen) atoms. The SMILES string of the molecule is OCc1ccc(Cl)c(-n2cccc2)c1. The third-order valence-electron chi connectivity index (χ3n) is 2.08. The Bertz CT molecular complexity index is 423. The highest BCUT2D eigenvalue weighted by molar-refractivity contribution is 6.32. The number of rotatable bonds is 2. The minimum Gasteiger partial charge on any atom is -0.392 e. The van der Waals surface area contributed by atoms with Crippen molar-refractivity contribution in [2.75, 3.05) is 0 Å². The quantitative estimate of drug-likeness (QED) is 0.805. The van der Waals surface area contributed by atoms with Crippen molar-refractivity contribution in [1.82, 2.24) is 4.57 Å². The minimum atomic E-state index is 0.0332. The van der Waals surface area contributed by atoms with Crippen LogP contribution < -0.4 is 0 Å². The summed E-state index contributed by atoms with van der Waals surface area (Å²) in [5.41, 5.74) is 1.75. The maximum atomic E-state index is 9.00. The molecule has 0 amide bonds. The van der Waals surface area contributed by atoms with E-state index >= 15 is 0 Å². The first-order valence-corrected chi connectivity index (χ1v) is 4.71. The van der Waals surface area contributed by atoms with E-state index in [-0.39, 0.29) is 6.61 Å². The zero-order valence-corrected chi connectivity index (χ0v) is 8.28. The Balaban J connectivity index is 2.51. The Kier molecular flexibility index (Phi) is 2.57. The molecule has 1 aromatic heterocycles. The summed E-state index contributed by atoms with van der Waals surface area (Å²) in [6.07, 6.45) is 3.84. The van der Waals surface area contributed by atoms with Crippen LogP contribution in [0.25, 0.3) is 5.69 Å². The molecule has 0 aliphatic rings. The van der Waals surface area contributed by atoms with Gasteiger partial charge in [0.05, 0.1) is 17.3 Å². The first kappa shape index (κ1) is 9.31. The lowest BCUT2D eigenvalue weighted by Gasteiger charge is -2.07. The summed E-state index contributed by atoms with van der Waals surface area (Å²) in [6, 6.07) is 9.35. The van der Waals surface area contributed by atoms with E-state index in [4.69, 9.17) is 16.7 Å². The van der Waals surface area contributed by atoms with E-state index < -0.39 is 0 Å². The van der Waals surface area contributed by atoms with Gasteiger partial charge < -0.3 is 9.67 Å². The maximum Gasteiger partial charge on any atom is 0.0682 e. The molecule has 2 rings (SSSR count). The van der Waals surface area contributed by atoms with Crippen molar-refractivity contribution in [2.45, 2.75) is 6.61 Å². The molecule has 72 valence electrons. The van der Waals surface area contributed by atoms with Crippen molar-refractivity contribution >= 4 is 11.6 Å². The molecule has 0 atom stereocenters. The van der Waals surface area contributed by atoms with Crippen LogP contribution >= 0.6 is 11.6 Å². The Hall–Kier alpha value is -1.25. The second-order valence-electron chi connectivity index (χ2n) is 3.03. The van der Waals surface area contributed by atoms with Gasteiger partial charge in [-0.3, -0.25) is 0 Å². The summed E-state index contributed by atoms with van der Waals surface area (Å²) in [5, 5.41) is 9.68. The molecule has 0 saturated heterocycles. The van der Waals surface area contributed by atoms with E-state index in [1.165, 1.54) is 0 Å². The first-order chi connectivity index (χ1) is 6.81. The largest absolute Gasteiger partial charge is 0.392 e. The Labute approximate surface area is 87.4 Å². The van der Waals surface area contributed by atoms with Gasteiger partial charge in [0, 0.05) is 12.4 Å². The van der Waals surface area contributed by atoms with Gasteiger partial charge in [-0.25, -0.2) is 0 Å². The molecular weight excluding hydrogens is 198 g/mol. The normalized spacial score (nSPS) is 10.4. The highest BCUT2D eigenvalue weighted by Crippen LogP contribution is 2.21. The van der Waals surface area contributed by atoms with Crippen LogP contribution in [0.2, 0.25) is 5.02 Å². The van der Waals surface area contributed by atoms with Crippen LogP contribution in [0.1, 0.15) is 5.56 Å². The monoisotopic (exact) mass is 207 g/mol. The highest BCUT2D eigenvalue weighted by Gasteiger charge is 2.02. The second-order valence-corrected chi connectivity index (χ2v) is 3.44. The van der Waals surface area contributed by atoms with Crippen LogP contribution in [-0.2, 0) is 6.61 Å². The molecule has 0 radical (unpaired) electrons. The smallest absolute Gasteiger partial charge is 0.0682 e. The van der Waals surface area contributed by atoms with E-state index in [9.17, 15) is 0 Å². The summed E-state index contributed by atoms with van der Waals surface area (Å²) in [7, 11) is 0. The van der Waals surface area contributed by atoms with Gasteiger partial charge in [-0.15, -0.1) is 0 Å². The van der Waals surface area contributed by atoms with Crippen LogP contribution in [0.5, 0.6) is 0 Å². The van der Waals surface area contributed by atoms with E-state index in [0.717, 1.165) is 11.3 Å². The zero-order chi connectivity index (χ0) is 9.97. The molecular formula is C11H10ClNO. The Morgan fingerprint density at radius 3 is 2.57 bits per heavy atom. The number of aliphatic hydroxyl groups excluding tert-OH is 1. The maximum absolute atomic E-state index is 9.00. The van der Waals surface area contributed by atoms with Crippen molar-refractivity contribution in [1.29, 1.82) is 0 Å². The van der Waals surface area contributed by atoms with Crippen molar-refractivity contribution in [3.8, 4) is 5.69 Å². The van der Waals surface area contributed by atoms with Gasteiger partial charge in [0.1, 0.15) is 0 Å². The zero-order valence-electron chi connectivity index (χ0n) is 7.52. The molecule has 0 aliphatic carbocycles. The van der Waals surface area contributed by atoms with Gasteiger partial charge >= 0.3 is 0 Å². The molecule has 0 aliphatic heterocycles. The highest BCUT2D eigenvalue weighted by atomic mass is 35.5. The fraction of sp³-hybridized carbons (Fsp3) is 0.0909. The summed E-state index contributed by atoms with van der Waals surface area (Å²) < 4.78 is 1.92. The fourth-order valence-corrected chi connectivity index (χ4v) is 1.56.